The number of esters is 3. The number of fused-ring (bicyclic) bond motifs is 5. The van der Waals surface area contributed by atoms with Crippen LogP contribution in [0.1, 0.15) is 132 Å². The summed E-state index contributed by atoms with van der Waals surface area (Å²) in [5.74, 6) is 0.703. The zero-order chi connectivity index (χ0) is 35.5. The van der Waals surface area contributed by atoms with Gasteiger partial charge in [-0.05, 0) is 136 Å². The van der Waals surface area contributed by atoms with Crippen LogP contribution >= 0.6 is 0 Å². The van der Waals surface area contributed by atoms with E-state index in [2.05, 4.69) is 41.5 Å². The van der Waals surface area contributed by atoms with E-state index in [0.29, 0.717) is 23.7 Å². The third kappa shape index (κ3) is 6.85. The first-order valence-corrected chi connectivity index (χ1v) is 19.6. The third-order valence-corrected chi connectivity index (χ3v) is 14.9. The molecule has 2 aliphatic heterocycles. The molecule has 13 atom stereocenters. The Hall–Kier alpha value is -2.00. The van der Waals surface area contributed by atoms with E-state index in [1.807, 2.05) is 0 Å². The van der Waals surface area contributed by atoms with Gasteiger partial charge in [0.2, 0.25) is 5.78 Å². The van der Waals surface area contributed by atoms with Crippen molar-refractivity contribution in [1.29, 1.82) is 0 Å². The van der Waals surface area contributed by atoms with Crippen molar-refractivity contribution in [2.75, 3.05) is 6.61 Å². The van der Waals surface area contributed by atoms with Gasteiger partial charge in [0.05, 0.1) is 6.61 Å². The van der Waals surface area contributed by atoms with Gasteiger partial charge in [-0.1, -0.05) is 54.4 Å². The third-order valence-electron chi connectivity index (χ3n) is 14.9. The van der Waals surface area contributed by atoms with Crippen LogP contribution in [-0.4, -0.2) is 60.5 Å². The lowest BCUT2D eigenvalue weighted by Crippen LogP contribution is -2.54. The summed E-state index contributed by atoms with van der Waals surface area (Å²) in [5.41, 5.74) is 0.649. The van der Waals surface area contributed by atoms with Gasteiger partial charge in [-0.15, -0.1) is 0 Å². The number of hydrogen-bond acceptors (Lipinski definition) is 9. The molecule has 2 saturated heterocycles. The van der Waals surface area contributed by atoms with E-state index in [4.69, 9.17) is 23.7 Å². The Labute approximate surface area is 293 Å². The smallest absolute Gasteiger partial charge is 0.418 e. The molecule has 6 rings (SSSR count). The number of ketones is 1. The van der Waals surface area contributed by atoms with Crippen molar-refractivity contribution in [2.45, 2.75) is 163 Å². The summed E-state index contributed by atoms with van der Waals surface area (Å²) in [7, 11) is 0. The minimum atomic E-state index is -1.81. The second-order valence-corrected chi connectivity index (χ2v) is 18.1. The Bertz CT molecular complexity index is 1280. The maximum Gasteiger partial charge on any atom is 0.418 e. The van der Waals surface area contributed by atoms with E-state index in [9.17, 15) is 19.2 Å². The molecule has 0 N–H and O–H groups in total. The highest BCUT2D eigenvalue weighted by atomic mass is 16.8. The van der Waals surface area contributed by atoms with E-state index in [1.54, 1.807) is 13.8 Å². The Morgan fingerprint density at radius 2 is 1.55 bits per heavy atom. The fourth-order valence-corrected chi connectivity index (χ4v) is 12.1. The van der Waals surface area contributed by atoms with Crippen LogP contribution in [0.5, 0.6) is 0 Å². The van der Waals surface area contributed by atoms with Gasteiger partial charge in [0.25, 0.3) is 6.10 Å². The van der Waals surface area contributed by atoms with Gasteiger partial charge >= 0.3 is 17.9 Å². The topological polar surface area (TPSA) is 114 Å². The van der Waals surface area contributed by atoms with Crippen LogP contribution in [0.25, 0.3) is 0 Å². The SMILES string of the molecule is CCC(CC[C@H](C)[C@H]1CC[C@H]2[C@@H]3CC[C@H]4C[C@@H](OC(=O)C(=O)OC5C(=O)OC(C6COC(C)(C)O6)C5=O)CC[C@]4(C)[C@H]3CC[C@]12C)C(C)C. The highest BCUT2D eigenvalue weighted by molar-refractivity contribution is 6.30. The van der Waals surface area contributed by atoms with Crippen LogP contribution in [0, 0.1) is 58.2 Å². The monoisotopic (exact) mass is 686 g/mol. The number of rotatable bonds is 9. The van der Waals surface area contributed by atoms with Crippen LogP contribution in [0.2, 0.25) is 0 Å². The van der Waals surface area contributed by atoms with Gasteiger partial charge in [0, 0.05) is 0 Å². The van der Waals surface area contributed by atoms with Crippen molar-refractivity contribution in [3.05, 3.63) is 0 Å². The maximum absolute atomic E-state index is 12.9. The lowest BCUT2D eigenvalue weighted by atomic mass is 9.44. The van der Waals surface area contributed by atoms with Crippen molar-refractivity contribution >= 4 is 23.7 Å². The number of ether oxygens (including phenoxy) is 5. The fraction of sp³-hybridized carbons (Fsp3) is 0.900. The standard InChI is InChI=1S/C40H62O9/c1-9-24(22(2)3)11-10-23(4)28-14-15-29-27-13-12-25-20-26(16-18-39(25,7)30(27)17-19-40(28,29)8)46-36(43)37(44)48-34-32(41)33(47-35(34)42)31-21-45-38(5,6)49-31/h22-31,33-34H,9-21H2,1-8H3/t23-,24?,25-,26-,27-,28+,29-,30-,31?,33?,34?,39-,40+/m0/s1. The van der Waals surface area contributed by atoms with Crippen molar-refractivity contribution in [2.24, 2.45) is 58.2 Å². The molecule has 0 aromatic rings. The van der Waals surface area contributed by atoms with Crippen molar-refractivity contribution in [3.63, 3.8) is 0 Å². The number of cyclic esters (lactones) is 1. The number of carbonyl (C=O) groups is 4. The van der Waals surface area contributed by atoms with Crippen LogP contribution in [0.15, 0.2) is 0 Å². The van der Waals surface area contributed by atoms with Gasteiger partial charge in [-0.3, -0.25) is 4.79 Å². The minimum Gasteiger partial charge on any atom is -0.454 e. The van der Waals surface area contributed by atoms with Gasteiger partial charge in [0.15, 0.2) is 11.9 Å². The summed E-state index contributed by atoms with van der Waals surface area (Å²) < 4.78 is 27.0. The lowest BCUT2D eigenvalue weighted by Gasteiger charge is -2.61. The van der Waals surface area contributed by atoms with Crippen molar-refractivity contribution in [1.82, 2.24) is 0 Å². The molecule has 9 heteroatoms. The summed E-state index contributed by atoms with van der Waals surface area (Å²) in [6.45, 7) is 18.2. The largest absolute Gasteiger partial charge is 0.454 e. The molecule has 0 bridgehead atoms. The van der Waals surface area contributed by atoms with Gasteiger partial charge in [-0.2, -0.15) is 0 Å². The first kappa shape index (κ1) is 36.8. The highest BCUT2D eigenvalue weighted by Gasteiger charge is 2.61. The average Bonchev–Trinajstić information content (AvgIpc) is 3.68. The molecule has 4 aliphatic carbocycles. The van der Waals surface area contributed by atoms with Gasteiger partial charge in [0.1, 0.15) is 12.2 Å². The van der Waals surface area contributed by atoms with E-state index in [-0.39, 0.29) is 18.1 Å². The molecule has 6 aliphatic rings. The molecule has 0 aromatic carbocycles. The summed E-state index contributed by atoms with van der Waals surface area (Å²) in [6, 6.07) is 0. The number of carbonyl (C=O) groups excluding carboxylic acids is 4. The van der Waals surface area contributed by atoms with Crippen molar-refractivity contribution < 1.29 is 42.9 Å². The maximum atomic E-state index is 12.9. The molecule has 4 unspecified atom stereocenters. The molecule has 9 nitrogen and oxygen atoms in total. The number of hydrogen-bond donors (Lipinski definition) is 0. The molecule has 0 aromatic heterocycles. The molecule has 276 valence electrons. The first-order chi connectivity index (χ1) is 23.1. The van der Waals surface area contributed by atoms with E-state index in [0.717, 1.165) is 54.8 Å². The Balaban J connectivity index is 1.01. The molecular weight excluding hydrogens is 624 g/mol. The Morgan fingerprint density at radius 3 is 2.22 bits per heavy atom. The molecule has 2 heterocycles. The number of Topliss-reactive ketones (excluding diaryl/α,β-unsaturated/α-hetero) is 1. The quantitative estimate of drug-likeness (QED) is 0.107. The van der Waals surface area contributed by atoms with Crippen LogP contribution in [-0.2, 0) is 42.9 Å². The molecular formula is C40H62O9. The highest BCUT2D eigenvalue weighted by Crippen LogP contribution is 2.68. The summed E-state index contributed by atoms with van der Waals surface area (Å²) in [6.07, 6.45) is 9.86. The normalized spacial score (nSPS) is 42.5. The van der Waals surface area contributed by atoms with Gasteiger partial charge in [-0.25, -0.2) is 14.4 Å². The van der Waals surface area contributed by atoms with Crippen LogP contribution in [0.3, 0.4) is 0 Å². The lowest BCUT2D eigenvalue weighted by molar-refractivity contribution is -0.181. The molecule has 4 saturated carbocycles. The minimum absolute atomic E-state index is 0.0561. The van der Waals surface area contributed by atoms with E-state index < -0.39 is 47.8 Å². The van der Waals surface area contributed by atoms with Crippen LogP contribution < -0.4 is 0 Å². The summed E-state index contributed by atoms with van der Waals surface area (Å²) in [5, 5.41) is 0. The zero-order valence-corrected chi connectivity index (χ0v) is 31.3. The van der Waals surface area contributed by atoms with E-state index in [1.165, 1.54) is 51.4 Å². The molecule has 0 amide bonds. The zero-order valence-electron chi connectivity index (χ0n) is 31.3. The second kappa shape index (κ2) is 13.9. The fourth-order valence-electron chi connectivity index (χ4n) is 12.1. The summed E-state index contributed by atoms with van der Waals surface area (Å²) in [4.78, 5) is 50.9. The molecule has 0 spiro atoms. The molecule has 0 radical (unpaired) electrons. The predicted molar refractivity (Wildman–Crippen MR) is 182 cm³/mol. The van der Waals surface area contributed by atoms with Crippen molar-refractivity contribution in [3.8, 4) is 0 Å². The Morgan fingerprint density at radius 1 is 0.857 bits per heavy atom. The molecule has 6 fully saturated rings. The van der Waals surface area contributed by atoms with E-state index >= 15 is 0 Å². The average molecular weight is 687 g/mol. The summed E-state index contributed by atoms with van der Waals surface area (Å²) >= 11 is 0. The second-order valence-electron chi connectivity index (χ2n) is 18.1. The van der Waals surface area contributed by atoms with Crippen LogP contribution in [0.4, 0.5) is 0 Å². The van der Waals surface area contributed by atoms with Gasteiger partial charge < -0.3 is 23.7 Å². The Kier molecular flexibility index (Phi) is 10.4. The predicted octanol–water partition coefficient (Wildman–Crippen LogP) is 7.21. The molecule has 49 heavy (non-hydrogen) atoms. The first-order valence-electron chi connectivity index (χ1n) is 19.6.